The Morgan fingerprint density at radius 2 is 1.59 bits per heavy atom. The van der Waals surface area contributed by atoms with Gasteiger partial charge in [0, 0.05) is 44.0 Å². The average molecular weight is 837 g/mol. The number of aliphatic hydroxyl groups excluding tert-OH is 2. The lowest BCUT2D eigenvalue weighted by atomic mass is 9.71. The molecule has 338 valence electrons. The molecule has 4 saturated heterocycles. The van der Waals surface area contributed by atoms with Crippen molar-refractivity contribution in [1.82, 2.24) is 9.80 Å². The zero-order valence-corrected chi connectivity index (χ0v) is 37.8. The fourth-order valence-electron chi connectivity index (χ4n) is 10.8. The fraction of sp³-hybridized carbons (Fsp3) is 0.844. The maximum atomic E-state index is 14.5. The number of rotatable bonds is 9. The number of aliphatic hydroxyl groups is 4. The van der Waals surface area contributed by atoms with Gasteiger partial charge >= 0.3 is 5.97 Å². The van der Waals surface area contributed by atoms with E-state index >= 15 is 0 Å². The first-order valence-electron chi connectivity index (χ1n) is 21.8. The molecule has 1 aromatic carbocycles. The van der Waals surface area contributed by atoms with Gasteiger partial charge in [-0.25, -0.2) is 0 Å². The van der Waals surface area contributed by atoms with Gasteiger partial charge in [0.25, 0.3) is 0 Å². The minimum atomic E-state index is -1.59. The highest BCUT2D eigenvalue weighted by molar-refractivity contribution is 5.73. The van der Waals surface area contributed by atoms with Crippen LogP contribution in [0.2, 0.25) is 0 Å². The van der Waals surface area contributed by atoms with Gasteiger partial charge in [0.1, 0.15) is 30.6 Å². The van der Waals surface area contributed by atoms with Crippen LogP contribution in [0.5, 0.6) is 0 Å². The molecule has 59 heavy (non-hydrogen) atoms. The first-order chi connectivity index (χ1) is 27.6. The second kappa shape index (κ2) is 19.3. The number of methoxy groups -OCH3 is 1. The molecule has 4 heterocycles. The summed E-state index contributed by atoms with van der Waals surface area (Å²) in [5.74, 6) is -2.79. The Labute approximate surface area is 352 Å². The normalized spacial score (nSPS) is 47.1. The van der Waals surface area contributed by atoms with Crippen LogP contribution in [0.3, 0.4) is 0 Å². The predicted octanol–water partition coefficient (Wildman–Crippen LogP) is 4.08. The molecule has 0 spiro atoms. The number of carbonyl (C=O) groups is 1. The van der Waals surface area contributed by atoms with E-state index in [0.717, 1.165) is 5.56 Å². The molecule has 2 unspecified atom stereocenters. The van der Waals surface area contributed by atoms with Gasteiger partial charge in [-0.3, -0.25) is 9.69 Å². The summed E-state index contributed by atoms with van der Waals surface area (Å²) in [7, 11) is 5.34. The molecule has 1 aromatic rings. The molecule has 5 rings (SSSR count). The minimum absolute atomic E-state index is 0.146. The lowest BCUT2D eigenvalue weighted by Gasteiger charge is -2.53. The van der Waals surface area contributed by atoms with E-state index in [1.165, 1.54) is 7.11 Å². The van der Waals surface area contributed by atoms with Gasteiger partial charge in [-0.1, -0.05) is 58.0 Å². The van der Waals surface area contributed by atoms with Gasteiger partial charge in [-0.2, -0.15) is 0 Å². The van der Waals surface area contributed by atoms with Gasteiger partial charge in [0.15, 0.2) is 12.6 Å². The van der Waals surface area contributed by atoms with Crippen molar-refractivity contribution in [3.8, 4) is 0 Å². The van der Waals surface area contributed by atoms with Crippen molar-refractivity contribution >= 4 is 5.97 Å². The van der Waals surface area contributed by atoms with Crippen molar-refractivity contribution in [2.45, 2.75) is 192 Å². The predicted molar refractivity (Wildman–Crippen MR) is 221 cm³/mol. The van der Waals surface area contributed by atoms with Gasteiger partial charge in [0.05, 0.1) is 47.6 Å². The average Bonchev–Trinajstić information content (AvgIpc) is 3.17. The number of hydrogen-bond acceptors (Lipinski definition) is 14. The number of carbonyl (C=O) groups excluding carboxylic acids is 1. The van der Waals surface area contributed by atoms with Crippen LogP contribution in [0.15, 0.2) is 30.3 Å². The van der Waals surface area contributed by atoms with Crippen LogP contribution >= 0.6 is 0 Å². The molecule has 0 saturated carbocycles. The highest BCUT2D eigenvalue weighted by Gasteiger charge is 2.55. The number of benzene rings is 1. The second-order valence-electron chi connectivity index (χ2n) is 19.2. The number of ether oxygens (including phenoxy) is 7. The molecule has 4 N–H and O–H groups in total. The smallest absolute Gasteiger partial charge is 0.311 e. The largest absolute Gasteiger partial charge is 0.459 e. The summed E-state index contributed by atoms with van der Waals surface area (Å²) in [4.78, 5) is 18.7. The summed E-state index contributed by atoms with van der Waals surface area (Å²) in [5.41, 5.74) is -3.09. The standard InChI is InChI=1S/C45H76N2O12/c1-14-33-45(10,52)40-27(4)35(47(24-54-40)23-31-18-16-15-17-19-31)25(2)21-43(8,51)39(59-42-36(48)32(46(11)12)20-26(3)55-42)28(5)37(29(6)41(50)57-33)58-34-22-44(9,53-13)38(49)30(7)56-34/h15-19,25-30,32-40,42,48-49,51-52H,14,20-24H2,1-13H3/t25-,26-,27+,28+,29-,30+,32+,33?,34+,35+,36-,37?,38+,39-,40-,42+,43-,44-,45-/m1/s1. The van der Waals surface area contributed by atoms with Crippen molar-refractivity contribution in [2.75, 3.05) is 27.9 Å². The van der Waals surface area contributed by atoms with Crippen molar-refractivity contribution in [3.05, 3.63) is 35.9 Å². The zero-order valence-electron chi connectivity index (χ0n) is 37.8. The van der Waals surface area contributed by atoms with Gasteiger partial charge in [-0.15, -0.1) is 0 Å². The van der Waals surface area contributed by atoms with Crippen molar-refractivity contribution in [1.29, 1.82) is 0 Å². The molecule has 0 amide bonds. The third-order valence-electron chi connectivity index (χ3n) is 14.1. The van der Waals surface area contributed by atoms with E-state index in [-0.39, 0.29) is 49.6 Å². The molecular weight excluding hydrogens is 760 g/mol. The van der Waals surface area contributed by atoms with Crippen LogP contribution in [-0.2, 0) is 44.5 Å². The number of likely N-dealkylation sites (N-methyl/N-ethyl adjacent to an activating group) is 1. The first-order valence-corrected chi connectivity index (χ1v) is 21.8. The van der Waals surface area contributed by atoms with E-state index in [2.05, 4.69) is 30.9 Å². The van der Waals surface area contributed by atoms with Crippen LogP contribution in [-0.4, -0.2) is 154 Å². The van der Waals surface area contributed by atoms with Crippen LogP contribution in [0.1, 0.15) is 100 Å². The van der Waals surface area contributed by atoms with E-state index in [1.807, 2.05) is 58.0 Å². The molecule has 0 aliphatic carbocycles. The molecule has 4 aliphatic rings. The summed E-state index contributed by atoms with van der Waals surface area (Å²) in [6.07, 6.45) is -7.36. The monoisotopic (exact) mass is 837 g/mol. The molecule has 14 heteroatoms. The SMILES string of the molecule is CCC1OC(=O)[C@H](C)C(O[C@H]2C[C@@](C)(OC)[C@@H](O)[C@H](C)O2)[C@H](C)[C@@H](O[C@@H]2O[C@H](C)C[C@H](N(C)C)[C@H]2O)[C@](C)(O)C[C@@H](C)[C@H]2[C@H](C)[C@@H](OCN2Cc2ccccc2)[C@]1(C)O. The minimum Gasteiger partial charge on any atom is -0.459 e. The summed E-state index contributed by atoms with van der Waals surface area (Å²) < 4.78 is 44.9. The zero-order chi connectivity index (χ0) is 43.8. The Hall–Kier alpha value is -1.79. The lowest BCUT2D eigenvalue weighted by Crippen LogP contribution is -2.65. The topological polar surface area (TPSA) is 169 Å². The Balaban J connectivity index is 1.62. The number of nitrogens with zero attached hydrogens (tertiary/aromatic N) is 2. The molecular formula is C45H76N2O12. The van der Waals surface area contributed by atoms with Gasteiger partial charge in [-0.05, 0) is 86.4 Å². The number of esters is 1. The Kier molecular flexibility index (Phi) is 15.8. The highest BCUT2D eigenvalue weighted by atomic mass is 16.7. The maximum absolute atomic E-state index is 14.5. The van der Waals surface area contributed by atoms with E-state index in [4.69, 9.17) is 33.2 Å². The molecule has 2 bridgehead atoms. The summed E-state index contributed by atoms with van der Waals surface area (Å²) in [5, 5.41) is 48.2. The summed E-state index contributed by atoms with van der Waals surface area (Å²) in [6.45, 7) is 19.3. The Bertz CT molecular complexity index is 1500. The van der Waals surface area contributed by atoms with Gasteiger partial charge < -0.3 is 58.5 Å². The first kappa shape index (κ1) is 48.2. The molecule has 0 aromatic heterocycles. The summed E-state index contributed by atoms with van der Waals surface area (Å²) >= 11 is 0. The van der Waals surface area contributed by atoms with Crippen molar-refractivity contribution in [3.63, 3.8) is 0 Å². The molecule has 0 radical (unpaired) electrons. The van der Waals surface area contributed by atoms with E-state index in [9.17, 15) is 25.2 Å². The molecule has 4 aliphatic heterocycles. The highest BCUT2D eigenvalue weighted by Crippen LogP contribution is 2.44. The lowest BCUT2D eigenvalue weighted by molar-refractivity contribution is -0.319. The van der Waals surface area contributed by atoms with Gasteiger partial charge in [0.2, 0.25) is 0 Å². The quantitative estimate of drug-likeness (QED) is 0.263. The van der Waals surface area contributed by atoms with E-state index < -0.39 is 89.9 Å². The van der Waals surface area contributed by atoms with E-state index in [1.54, 1.807) is 34.6 Å². The molecule has 4 fully saturated rings. The number of hydrogen-bond donors (Lipinski definition) is 4. The number of cyclic esters (lactones) is 1. The van der Waals surface area contributed by atoms with Crippen molar-refractivity contribution < 1.29 is 58.4 Å². The third-order valence-corrected chi connectivity index (χ3v) is 14.1. The third kappa shape index (κ3) is 10.4. The second-order valence-corrected chi connectivity index (χ2v) is 19.2. The Morgan fingerprint density at radius 3 is 2.20 bits per heavy atom. The van der Waals surface area contributed by atoms with Crippen molar-refractivity contribution in [2.24, 2.45) is 23.7 Å². The van der Waals surface area contributed by atoms with Crippen LogP contribution < -0.4 is 0 Å². The van der Waals surface area contributed by atoms with Crippen LogP contribution in [0, 0.1) is 23.7 Å². The molecule has 19 atom stereocenters. The summed E-state index contributed by atoms with van der Waals surface area (Å²) in [6, 6.07) is 9.65. The van der Waals surface area contributed by atoms with Crippen LogP contribution in [0.4, 0.5) is 0 Å². The maximum Gasteiger partial charge on any atom is 0.311 e. The molecule has 14 nitrogen and oxygen atoms in total. The fourth-order valence-corrected chi connectivity index (χ4v) is 10.8. The van der Waals surface area contributed by atoms with E-state index in [0.29, 0.717) is 19.4 Å². The number of fused-ring (bicyclic) bond motifs is 2. The van der Waals surface area contributed by atoms with Crippen LogP contribution in [0.25, 0.3) is 0 Å². The Morgan fingerprint density at radius 1 is 0.932 bits per heavy atom.